The quantitative estimate of drug-likeness (QED) is 0.728. The Hall–Kier alpha value is -2.96. The molecule has 0 fully saturated rings. The van der Waals surface area contributed by atoms with Crippen molar-refractivity contribution in [2.24, 2.45) is 0 Å². The maximum Gasteiger partial charge on any atom is 0.254 e. The van der Waals surface area contributed by atoms with E-state index in [-0.39, 0.29) is 5.91 Å². The third-order valence-corrected chi connectivity index (χ3v) is 4.56. The summed E-state index contributed by atoms with van der Waals surface area (Å²) < 4.78 is 4.12. The molecule has 0 radical (unpaired) electrons. The normalized spacial score (nSPS) is 13.7. The summed E-state index contributed by atoms with van der Waals surface area (Å²) in [5.41, 5.74) is 1.85. The fourth-order valence-corrected chi connectivity index (χ4v) is 3.18. The van der Waals surface area contributed by atoms with Crippen LogP contribution in [-0.4, -0.2) is 41.7 Å². The average Bonchev–Trinajstić information content (AvgIpc) is 3.30. The molecule has 1 aromatic carbocycles. The smallest absolute Gasteiger partial charge is 0.254 e. The molecule has 128 valence electrons. The van der Waals surface area contributed by atoms with Gasteiger partial charge in [0.2, 0.25) is 0 Å². The van der Waals surface area contributed by atoms with Crippen molar-refractivity contribution < 1.29 is 4.79 Å². The van der Waals surface area contributed by atoms with Crippen LogP contribution >= 0.6 is 0 Å². The molecule has 0 bridgehead atoms. The van der Waals surface area contributed by atoms with Crippen LogP contribution in [0, 0.1) is 0 Å². The van der Waals surface area contributed by atoms with Gasteiger partial charge in [0.15, 0.2) is 5.82 Å². The maximum atomic E-state index is 12.8. The molecule has 0 atom stereocenters. The molecule has 0 spiro atoms. The van der Waals surface area contributed by atoms with Crippen LogP contribution in [0.15, 0.2) is 43.0 Å². The Kier molecular flexibility index (Phi) is 4.05. The van der Waals surface area contributed by atoms with E-state index in [4.69, 9.17) is 0 Å². The van der Waals surface area contributed by atoms with Crippen LogP contribution in [0.25, 0.3) is 0 Å². The number of hydrogen-bond donors (Lipinski definition) is 0. The van der Waals surface area contributed by atoms with Gasteiger partial charge < -0.3 is 14.0 Å². The number of amides is 1. The molecule has 25 heavy (non-hydrogen) atoms. The highest BCUT2D eigenvalue weighted by atomic mass is 16.2. The van der Waals surface area contributed by atoms with Crippen LogP contribution in [-0.2, 0) is 26.1 Å². The summed E-state index contributed by atoms with van der Waals surface area (Å²) in [6, 6.07) is 7.78. The lowest BCUT2D eigenvalue weighted by molar-refractivity contribution is 0.0706. The molecule has 0 saturated heterocycles. The fraction of sp³-hybridized carbons (Fsp3) is 0.333. The molecule has 1 amide bonds. The monoisotopic (exact) mass is 336 g/mol. The minimum absolute atomic E-state index is 0.0430. The second kappa shape index (κ2) is 6.51. The number of aryl methyl sites for hydroxylation is 1. The molecule has 7 heteroatoms. The van der Waals surface area contributed by atoms with E-state index >= 15 is 0 Å². The van der Waals surface area contributed by atoms with Gasteiger partial charge in [0.1, 0.15) is 5.82 Å². The highest BCUT2D eigenvalue weighted by molar-refractivity contribution is 5.94. The second-order valence-electron chi connectivity index (χ2n) is 6.20. The van der Waals surface area contributed by atoms with Gasteiger partial charge in [0.25, 0.3) is 5.91 Å². The van der Waals surface area contributed by atoms with Gasteiger partial charge in [-0.3, -0.25) is 4.79 Å². The molecule has 3 aromatic rings. The molecular weight excluding hydrogens is 316 g/mol. The van der Waals surface area contributed by atoms with E-state index in [0.29, 0.717) is 18.7 Å². The minimum atomic E-state index is 0.0430. The third-order valence-electron chi connectivity index (χ3n) is 4.56. The lowest BCUT2D eigenvalue weighted by Crippen LogP contribution is -2.38. The molecule has 1 aliphatic rings. The summed E-state index contributed by atoms with van der Waals surface area (Å²) in [6.07, 6.45) is 6.33. The lowest BCUT2D eigenvalue weighted by atomic mass is 10.1. The first-order valence-electron chi connectivity index (χ1n) is 8.49. The maximum absolute atomic E-state index is 12.8. The number of fused-ring (bicyclic) bond motifs is 1. The van der Waals surface area contributed by atoms with Crippen molar-refractivity contribution in [1.82, 2.24) is 29.2 Å². The number of hydrogen-bond acceptors (Lipinski definition) is 4. The Morgan fingerprint density at radius 2 is 2.00 bits per heavy atom. The molecular formula is C18H20N6O. The molecule has 3 heterocycles. The van der Waals surface area contributed by atoms with Crippen LogP contribution in [0.1, 0.15) is 34.5 Å². The molecule has 0 unspecified atom stereocenters. The summed E-state index contributed by atoms with van der Waals surface area (Å²) in [5.74, 6) is 1.90. The predicted octanol–water partition coefficient (Wildman–Crippen LogP) is 1.74. The Balaban J connectivity index is 1.46. The van der Waals surface area contributed by atoms with E-state index in [1.807, 2.05) is 39.9 Å². The zero-order chi connectivity index (χ0) is 17.2. The van der Waals surface area contributed by atoms with Crippen LogP contribution in [0.2, 0.25) is 0 Å². The summed E-state index contributed by atoms with van der Waals surface area (Å²) in [5, 5.41) is 8.42. The van der Waals surface area contributed by atoms with Crippen molar-refractivity contribution in [1.29, 1.82) is 0 Å². The minimum Gasteiger partial charge on any atom is -0.333 e. The van der Waals surface area contributed by atoms with E-state index in [0.717, 1.165) is 36.7 Å². The Bertz CT molecular complexity index is 866. The number of imidazole rings is 1. The van der Waals surface area contributed by atoms with Gasteiger partial charge in [-0.15, -0.1) is 10.2 Å². The molecule has 0 N–H and O–H groups in total. The Labute approximate surface area is 145 Å². The van der Waals surface area contributed by atoms with Gasteiger partial charge in [0, 0.05) is 44.0 Å². The number of carbonyl (C=O) groups is 1. The summed E-state index contributed by atoms with van der Waals surface area (Å²) in [6.45, 7) is 4.79. The van der Waals surface area contributed by atoms with Crippen molar-refractivity contribution in [3.63, 3.8) is 0 Å². The predicted molar refractivity (Wildman–Crippen MR) is 91.9 cm³/mol. The first kappa shape index (κ1) is 15.6. The number of carbonyl (C=O) groups excluding carboxylic acids is 1. The Morgan fingerprint density at radius 3 is 2.72 bits per heavy atom. The fourth-order valence-electron chi connectivity index (χ4n) is 3.18. The first-order valence-corrected chi connectivity index (χ1v) is 8.49. The van der Waals surface area contributed by atoms with Crippen molar-refractivity contribution in [2.75, 3.05) is 6.54 Å². The first-order chi connectivity index (χ1) is 12.2. The number of rotatable bonds is 4. The van der Waals surface area contributed by atoms with Crippen molar-refractivity contribution in [3.05, 3.63) is 65.8 Å². The lowest BCUT2D eigenvalue weighted by Gasteiger charge is -2.28. The molecule has 2 aromatic heterocycles. The SMILES string of the molecule is CCc1nnc2n1CCN(C(=O)c1ccc(Cn3ccnc3)cc1)C2. The largest absolute Gasteiger partial charge is 0.333 e. The highest BCUT2D eigenvalue weighted by Crippen LogP contribution is 2.16. The van der Waals surface area contributed by atoms with E-state index in [9.17, 15) is 4.79 Å². The van der Waals surface area contributed by atoms with Gasteiger partial charge in [-0.25, -0.2) is 4.98 Å². The number of benzene rings is 1. The van der Waals surface area contributed by atoms with Gasteiger partial charge in [-0.05, 0) is 17.7 Å². The van der Waals surface area contributed by atoms with E-state index in [1.165, 1.54) is 0 Å². The van der Waals surface area contributed by atoms with Gasteiger partial charge in [-0.1, -0.05) is 19.1 Å². The summed E-state index contributed by atoms with van der Waals surface area (Å²) in [4.78, 5) is 18.6. The third kappa shape index (κ3) is 3.05. The molecule has 7 nitrogen and oxygen atoms in total. The van der Waals surface area contributed by atoms with E-state index in [2.05, 4.69) is 26.7 Å². The number of nitrogens with zero attached hydrogens (tertiary/aromatic N) is 6. The molecule has 1 aliphatic heterocycles. The zero-order valence-corrected chi connectivity index (χ0v) is 14.2. The van der Waals surface area contributed by atoms with Crippen LogP contribution in [0.3, 0.4) is 0 Å². The summed E-state index contributed by atoms with van der Waals surface area (Å²) >= 11 is 0. The van der Waals surface area contributed by atoms with Crippen molar-refractivity contribution >= 4 is 5.91 Å². The number of aromatic nitrogens is 5. The molecule has 0 aliphatic carbocycles. The van der Waals surface area contributed by atoms with Crippen LogP contribution in [0.4, 0.5) is 0 Å². The van der Waals surface area contributed by atoms with Gasteiger partial charge in [-0.2, -0.15) is 0 Å². The van der Waals surface area contributed by atoms with Gasteiger partial charge >= 0.3 is 0 Å². The standard InChI is InChI=1S/C18H20N6O/c1-2-16-20-21-17-12-23(9-10-24(16)17)18(25)15-5-3-14(4-6-15)11-22-8-7-19-13-22/h3-8,13H,2,9-12H2,1H3. The Morgan fingerprint density at radius 1 is 1.16 bits per heavy atom. The van der Waals surface area contributed by atoms with Crippen molar-refractivity contribution in [3.8, 4) is 0 Å². The second-order valence-corrected chi connectivity index (χ2v) is 6.20. The average molecular weight is 336 g/mol. The van der Waals surface area contributed by atoms with Crippen molar-refractivity contribution in [2.45, 2.75) is 33.0 Å². The molecule has 4 rings (SSSR count). The van der Waals surface area contributed by atoms with E-state index in [1.54, 1.807) is 12.5 Å². The van der Waals surface area contributed by atoms with E-state index < -0.39 is 0 Å². The van der Waals surface area contributed by atoms with Gasteiger partial charge in [0.05, 0.1) is 12.9 Å². The zero-order valence-electron chi connectivity index (χ0n) is 14.2. The molecule has 0 saturated carbocycles. The van der Waals surface area contributed by atoms with Crippen LogP contribution < -0.4 is 0 Å². The van der Waals surface area contributed by atoms with Crippen LogP contribution in [0.5, 0.6) is 0 Å². The summed E-state index contributed by atoms with van der Waals surface area (Å²) in [7, 11) is 0. The highest BCUT2D eigenvalue weighted by Gasteiger charge is 2.24. The topological polar surface area (TPSA) is 68.8 Å².